The van der Waals surface area contributed by atoms with Crippen LogP contribution in [0.2, 0.25) is 5.02 Å². The first-order valence-electron chi connectivity index (χ1n) is 10.0. The predicted molar refractivity (Wildman–Crippen MR) is 112 cm³/mol. The summed E-state index contributed by atoms with van der Waals surface area (Å²) in [6.07, 6.45) is 5.38. The van der Waals surface area contributed by atoms with E-state index in [0.29, 0.717) is 48.9 Å². The smallest absolute Gasteiger partial charge is 0.254 e. The summed E-state index contributed by atoms with van der Waals surface area (Å²) in [5.41, 5.74) is 0.539. The molecular formula is C20H29ClN2O5S. The number of rotatable bonds is 6. The highest BCUT2D eigenvalue weighted by molar-refractivity contribution is 7.88. The minimum absolute atomic E-state index is 0.0401. The van der Waals surface area contributed by atoms with Gasteiger partial charge in [0.05, 0.1) is 23.9 Å². The Bertz CT molecular complexity index is 822. The molecule has 7 nitrogen and oxygen atoms in total. The minimum Gasteiger partial charge on any atom is -0.489 e. The summed E-state index contributed by atoms with van der Waals surface area (Å²) in [4.78, 5) is 14.9. The maximum Gasteiger partial charge on any atom is 0.254 e. The Morgan fingerprint density at radius 2 is 1.90 bits per heavy atom. The predicted octanol–water partition coefficient (Wildman–Crippen LogP) is 2.78. The Morgan fingerprint density at radius 1 is 1.17 bits per heavy atom. The van der Waals surface area contributed by atoms with Crippen molar-refractivity contribution in [3.05, 3.63) is 28.8 Å². The number of hydrogen-bond donors (Lipinski definition) is 0. The van der Waals surface area contributed by atoms with Crippen LogP contribution in [0.5, 0.6) is 5.75 Å². The third-order valence-electron chi connectivity index (χ3n) is 5.59. The molecule has 9 heteroatoms. The van der Waals surface area contributed by atoms with Crippen molar-refractivity contribution in [2.45, 2.75) is 44.2 Å². The molecule has 2 fully saturated rings. The highest BCUT2D eigenvalue weighted by Gasteiger charge is 2.29. The maximum atomic E-state index is 13.0. The Labute approximate surface area is 178 Å². The lowest BCUT2D eigenvalue weighted by atomic mass is 10.0. The highest BCUT2D eigenvalue weighted by atomic mass is 35.5. The molecule has 2 aliphatic heterocycles. The quantitative estimate of drug-likeness (QED) is 0.674. The topological polar surface area (TPSA) is 76.2 Å². The van der Waals surface area contributed by atoms with E-state index in [1.54, 1.807) is 25.3 Å². The van der Waals surface area contributed by atoms with Crippen LogP contribution in [-0.4, -0.2) is 75.3 Å². The largest absolute Gasteiger partial charge is 0.489 e. The molecule has 0 aliphatic carbocycles. The van der Waals surface area contributed by atoms with Crippen LogP contribution in [0.1, 0.15) is 42.5 Å². The number of piperidine rings is 2. The normalized spacial score (nSPS) is 21.9. The summed E-state index contributed by atoms with van der Waals surface area (Å²) in [6, 6.07) is 5.22. The van der Waals surface area contributed by atoms with E-state index in [1.807, 2.05) is 4.90 Å². The van der Waals surface area contributed by atoms with E-state index in [0.717, 1.165) is 25.8 Å². The molecule has 1 aromatic rings. The Hall–Kier alpha value is -1.35. The molecule has 0 N–H and O–H groups in total. The molecule has 1 amide bonds. The van der Waals surface area contributed by atoms with Crippen molar-refractivity contribution >= 4 is 27.5 Å². The van der Waals surface area contributed by atoms with Gasteiger partial charge < -0.3 is 14.4 Å². The fraction of sp³-hybridized carbons (Fsp3) is 0.650. The monoisotopic (exact) mass is 444 g/mol. The number of methoxy groups -OCH3 is 1. The van der Waals surface area contributed by atoms with Crippen molar-refractivity contribution in [2.75, 3.05) is 39.6 Å². The summed E-state index contributed by atoms with van der Waals surface area (Å²) in [7, 11) is -1.51. The van der Waals surface area contributed by atoms with Crippen molar-refractivity contribution in [3.8, 4) is 5.75 Å². The molecule has 2 heterocycles. The lowest BCUT2D eigenvalue weighted by Crippen LogP contribution is -2.46. The van der Waals surface area contributed by atoms with E-state index in [-0.39, 0.29) is 18.1 Å². The van der Waals surface area contributed by atoms with Crippen LogP contribution in [0.15, 0.2) is 18.2 Å². The zero-order chi connectivity index (χ0) is 21.0. The molecule has 0 aromatic heterocycles. The fourth-order valence-electron chi connectivity index (χ4n) is 3.99. The summed E-state index contributed by atoms with van der Waals surface area (Å²) < 4.78 is 36.0. The summed E-state index contributed by atoms with van der Waals surface area (Å²) >= 11 is 6.40. The maximum absolute atomic E-state index is 13.0. The number of halogens is 1. The molecule has 0 spiro atoms. The van der Waals surface area contributed by atoms with E-state index in [9.17, 15) is 13.2 Å². The fourth-order valence-corrected chi connectivity index (χ4v) is 5.09. The van der Waals surface area contributed by atoms with E-state index in [4.69, 9.17) is 21.1 Å². The molecule has 3 rings (SSSR count). The van der Waals surface area contributed by atoms with Gasteiger partial charge in [0.1, 0.15) is 11.9 Å². The number of ether oxygens (including phenoxy) is 2. The molecule has 29 heavy (non-hydrogen) atoms. The molecule has 0 bridgehead atoms. The number of nitrogens with zero attached hydrogens (tertiary/aromatic N) is 2. The Balaban J connectivity index is 1.63. The van der Waals surface area contributed by atoms with Crippen LogP contribution < -0.4 is 4.74 Å². The van der Waals surface area contributed by atoms with Gasteiger partial charge in [-0.2, -0.15) is 0 Å². The molecule has 2 saturated heterocycles. The van der Waals surface area contributed by atoms with Gasteiger partial charge in [0.2, 0.25) is 10.0 Å². The summed E-state index contributed by atoms with van der Waals surface area (Å²) in [5.74, 6) is 0.481. The van der Waals surface area contributed by atoms with Crippen molar-refractivity contribution in [1.82, 2.24) is 9.21 Å². The van der Waals surface area contributed by atoms with Gasteiger partial charge >= 0.3 is 0 Å². The van der Waals surface area contributed by atoms with E-state index < -0.39 is 10.0 Å². The number of carbonyl (C=O) groups is 1. The van der Waals surface area contributed by atoms with Crippen molar-refractivity contribution in [3.63, 3.8) is 0 Å². The Kier molecular flexibility index (Phi) is 7.42. The van der Waals surface area contributed by atoms with Crippen molar-refractivity contribution in [2.24, 2.45) is 0 Å². The summed E-state index contributed by atoms with van der Waals surface area (Å²) in [5, 5.41) is 0.390. The molecule has 2 aliphatic rings. The van der Waals surface area contributed by atoms with Gasteiger partial charge in [-0.05, 0) is 50.3 Å². The third-order valence-corrected chi connectivity index (χ3v) is 7.19. The van der Waals surface area contributed by atoms with E-state index >= 15 is 0 Å². The zero-order valence-corrected chi connectivity index (χ0v) is 18.5. The number of hydrogen-bond acceptors (Lipinski definition) is 5. The van der Waals surface area contributed by atoms with Crippen molar-refractivity contribution < 1.29 is 22.7 Å². The second-order valence-corrected chi connectivity index (χ2v) is 10.1. The van der Waals surface area contributed by atoms with Crippen LogP contribution in [0, 0.1) is 0 Å². The second kappa shape index (κ2) is 9.64. The molecule has 1 atom stereocenters. The van der Waals surface area contributed by atoms with Crippen LogP contribution in [0.25, 0.3) is 0 Å². The number of carbonyl (C=O) groups excluding carboxylic acids is 1. The van der Waals surface area contributed by atoms with Gasteiger partial charge in [0.15, 0.2) is 0 Å². The molecule has 162 valence electrons. The van der Waals surface area contributed by atoms with Crippen LogP contribution in [0.3, 0.4) is 0 Å². The molecular weight excluding hydrogens is 416 g/mol. The van der Waals surface area contributed by atoms with Crippen molar-refractivity contribution in [1.29, 1.82) is 0 Å². The third kappa shape index (κ3) is 5.63. The summed E-state index contributed by atoms with van der Waals surface area (Å²) in [6.45, 7) is 2.13. The number of amides is 1. The van der Waals surface area contributed by atoms with Gasteiger partial charge in [0, 0.05) is 32.3 Å². The molecule has 1 unspecified atom stereocenters. The zero-order valence-electron chi connectivity index (χ0n) is 17.0. The van der Waals surface area contributed by atoms with Gasteiger partial charge in [-0.3, -0.25) is 4.79 Å². The van der Waals surface area contributed by atoms with Crippen LogP contribution >= 0.6 is 11.6 Å². The first-order chi connectivity index (χ1) is 13.8. The average molecular weight is 445 g/mol. The highest BCUT2D eigenvalue weighted by Crippen LogP contribution is 2.30. The van der Waals surface area contributed by atoms with Gasteiger partial charge in [-0.15, -0.1) is 0 Å². The lowest BCUT2D eigenvalue weighted by Gasteiger charge is -2.35. The molecule has 0 radical (unpaired) electrons. The van der Waals surface area contributed by atoms with Gasteiger partial charge in [-0.1, -0.05) is 11.6 Å². The number of likely N-dealkylation sites (tertiary alicyclic amines) is 1. The van der Waals surface area contributed by atoms with E-state index in [1.165, 1.54) is 10.6 Å². The SMILES string of the molecule is COCC1CCCCN1C(=O)c1ccc(OC2CCN(S(C)(=O)=O)CC2)c(Cl)c1. The first-order valence-corrected chi connectivity index (χ1v) is 12.2. The standard InChI is InChI=1S/C20H29ClN2O5S/c1-27-14-16-5-3-4-10-23(16)20(24)15-6-7-19(18(21)13-15)28-17-8-11-22(12-9-17)29(2,25)26/h6-7,13,16-17H,3-5,8-12,14H2,1-2H3. The number of sulfonamides is 1. The van der Waals surface area contributed by atoms with E-state index in [2.05, 4.69) is 0 Å². The minimum atomic E-state index is -3.16. The van der Waals surface area contributed by atoms with Gasteiger partial charge in [0.25, 0.3) is 5.91 Å². The molecule has 1 aromatic carbocycles. The van der Waals surface area contributed by atoms with Crippen LogP contribution in [-0.2, 0) is 14.8 Å². The Morgan fingerprint density at radius 3 is 2.52 bits per heavy atom. The second-order valence-electron chi connectivity index (χ2n) is 7.73. The van der Waals surface area contributed by atoms with Crippen LogP contribution in [0.4, 0.5) is 0 Å². The lowest BCUT2D eigenvalue weighted by molar-refractivity contribution is 0.0428. The van der Waals surface area contributed by atoms with Gasteiger partial charge in [-0.25, -0.2) is 12.7 Å². The average Bonchev–Trinajstić information content (AvgIpc) is 2.69. The first kappa shape index (κ1) is 22.3. The number of benzene rings is 1. The molecule has 0 saturated carbocycles.